The van der Waals surface area contributed by atoms with E-state index >= 15 is 0 Å². The molecule has 2 aromatic heterocycles. The van der Waals surface area contributed by atoms with Gasteiger partial charge >= 0.3 is 0 Å². The lowest BCUT2D eigenvalue weighted by atomic mass is 10.2. The second kappa shape index (κ2) is 4.01. The molecule has 0 amide bonds. The Kier molecular flexibility index (Phi) is 2.54. The smallest absolute Gasteiger partial charge is 0.0889 e. The molecule has 0 saturated heterocycles. The van der Waals surface area contributed by atoms with Gasteiger partial charge in [0.1, 0.15) is 0 Å². The molecule has 0 spiro atoms. The van der Waals surface area contributed by atoms with E-state index in [9.17, 15) is 0 Å². The molecule has 0 aliphatic rings. The molecule has 68 valence electrons. The van der Waals surface area contributed by atoms with Gasteiger partial charge in [-0.25, -0.2) is 0 Å². The van der Waals surface area contributed by atoms with Crippen molar-refractivity contribution in [3.8, 4) is 11.4 Å². The quantitative estimate of drug-likeness (QED) is 0.712. The van der Waals surface area contributed by atoms with Gasteiger partial charge in [-0.1, -0.05) is 12.1 Å². The van der Waals surface area contributed by atoms with Crippen molar-refractivity contribution in [1.29, 1.82) is 0 Å². The molecule has 0 fully saturated rings. The number of hydrogen-bond donors (Lipinski definition) is 0. The predicted octanol–water partition coefficient (Wildman–Crippen LogP) is 2.40. The molecule has 0 unspecified atom stereocenters. The van der Waals surface area contributed by atoms with E-state index in [2.05, 4.69) is 9.97 Å². The molecule has 14 heavy (non-hydrogen) atoms. The fourth-order valence-corrected chi connectivity index (χ4v) is 1.25. The largest absolute Gasteiger partial charge is 0.255 e. The van der Waals surface area contributed by atoms with Crippen LogP contribution in [0.15, 0.2) is 42.6 Å². The molecule has 2 nitrogen and oxygen atoms in total. The molecule has 0 aliphatic carbocycles. The van der Waals surface area contributed by atoms with Crippen LogP contribution in [0, 0.1) is 6.92 Å². The van der Waals surface area contributed by atoms with E-state index in [0.29, 0.717) is 6.42 Å². The van der Waals surface area contributed by atoms with E-state index in [0.717, 1.165) is 17.1 Å². The molecule has 2 radical (unpaired) electrons. The zero-order valence-corrected chi connectivity index (χ0v) is 7.72. The van der Waals surface area contributed by atoms with Gasteiger partial charge in [0.25, 0.3) is 0 Å². The highest BCUT2D eigenvalue weighted by Gasteiger charge is 1.99. The molecule has 2 rings (SSSR count). The first kappa shape index (κ1) is 8.88. The highest BCUT2D eigenvalue weighted by molar-refractivity contribution is 5.53. The maximum absolute atomic E-state index is 5.51. The topological polar surface area (TPSA) is 25.8 Å². The minimum absolute atomic E-state index is 0.459. The Morgan fingerprint density at radius 3 is 2.57 bits per heavy atom. The Morgan fingerprint density at radius 2 is 1.86 bits per heavy atom. The first-order valence-electron chi connectivity index (χ1n) is 4.47. The predicted molar refractivity (Wildman–Crippen MR) is 55.5 cm³/mol. The number of aromatic nitrogens is 2. The summed E-state index contributed by atoms with van der Waals surface area (Å²) < 4.78 is 0. The zero-order chi connectivity index (χ0) is 9.80. The molecule has 0 N–H and O–H groups in total. The van der Waals surface area contributed by atoms with Gasteiger partial charge in [0.05, 0.1) is 11.4 Å². The van der Waals surface area contributed by atoms with Crippen LogP contribution in [0.5, 0.6) is 0 Å². The van der Waals surface area contributed by atoms with Crippen LogP contribution >= 0.6 is 0 Å². The van der Waals surface area contributed by atoms with E-state index in [1.165, 1.54) is 0 Å². The summed E-state index contributed by atoms with van der Waals surface area (Å²) >= 11 is 0. The lowest BCUT2D eigenvalue weighted by Gasteiger charge is -2.01. The van der Waals surface area contributed by atoms with Crippen LogP contribution < -0.4 is 0 Å². The van der Waals surface area contributed by atoms with Crippen LogP contribution in [-0.2, 0) is 6.42 Å². The Morgan fingerprint density at radius 1 is 1.00 bits per heavy atom. The summed E-state index contributed by atoms with van der Waals surface area (Å²) in [7, 11) is 0. The minimum Gasteiger partial charge on any atom is -0.255 e. The van der Waals surface area contributed by atoms with Gasteiger partial charge in [-0.05, 0) is 37.6 Å². The summed E-state index contributed by atoms with van der Waals surface area (Å²) in [6.07, 6.45) is 2.22. The summed E-state index contributed by atoms with van der Waals surface area (Å²) in [6, 6.07) is 11.5. The van der Waals surface area contributed by atoms with Gasteiger partial charge in [0.15, 0.2) is 0 Å². The molecule has 0 aromatic carbocycles. The standard InChI is InChI=1S/C12H10N2/c1-2-10-6-5-8-12(14-10)11-7-3-4-9-13-11/h1,3-9H,2H2. The van der Waals surface area contributed by atoms with E-state index in [4.69, 9.17) is 6.92 Å². The van der Waals surface area contributed by atoms with Crippen LogP contribution in [0.3, 0.4) is 0 Å². The lowest BCUT2D eigenvalue weighted by molar-refractivity contribution is 1.10. The van der Waals surface area contributed by atoms with Crippen molar-refractivity contribution in [3.63, 3.8) is 0 Å². The van der Waals surface area contributed by atoms with Crippen molar-refractivity contribution in [2.45, 2.75) is 6.42 Å². The molecular formula is C12H10N2. The summed E-state index contributed by atoms with van der Waals surface area (Å²) in [5.74, 6) is 0. The van der Waals surface area contributed by atoms with Crippen LogP contribution in [0.1, 0.15) is 5.69 Å². The molecule has 0 atom stereocenters. The van der Waals surface area contributed by atoms with Crippen molar-refractivity contribution in [1.82, 2.24) is 9.97 Å². The molecule has 0 bridgehead atoms. The van der Waals surface area contributed by atoms with E-state index in [-0.39, 0.29) is 0 Å². The van der Waals surface area contributed by atoms with Gasteiger partial charge in [-0.3, -0.25) is 9.97 Å². The summed E-state index contributed by atoms with van der Waals surface area (Å²) in [4.78, 5) is 8.60. The second-order valence-electron chi connectivity index (χ2n) is 2.93. The summed E-state index contributed by atoms with van der Waals surface area (Å²) in [6.45, 7) is 5.51. The van der Waals surface area contributed by atoms with E-state index in [1.54, 1.807) is 6.20 Å². The molecule has 0 saturated carbocycles. The zero-order valence-electron chi connectivity index (χ0n) is 7.72. The van der Waals surface area contributed by atoms with Crippen molar-refractivity contribution in [3.05, 3.63) is 55.2 Å². The molecule has 2 aromatic rings. The molecule has 0 aliphatic heterocycles. The number of rotatable bonds is 2. The fraction of sp³-hybridized carbons (Fsp3) is 0.0833. The average Bonchev–Trinajstić information content (AvgIpc) is 2.30. The third-order valence-electron chi connectivity index (χ3n) is 1.94. The van der Waals surface area contributed by atoms with E-state index < -0.39 is 0 Å². The first-order valence-corrected chi connectivity index (χ1v) is 4.47. The van der Waals surface area contributed by atoms with Crippen LogP contribution in [0.25, 0.3) is 11.4 Å². The lowest BCUT2D eigenvalue weighted by Crippen LogP contribution is -1.91. The molecule has 2 heteroatoms. The summed E-state index contributed by atoms with van der Waals surface area (Å²) in [5, 5.41) is 0. The Hall–Kier alpha value is -1.70. The third-order valence-corrected chi connectivity index (χ3v) is 1.94. The van der Waals surface area contributed by atoms with Crippen LogP contribution in [0.4, 0.5) is 0 Å². The third kappa shape index (κ3) is 1.79. The monoisotopic (exact) mass is 182 g/mol. The maximum atomic E-state index is 5.51. The maximum Gasteiger partial charge on any atom is 0.0889 e. The SMILES string of the molecule is [CH]Cc1cccc(-c2ccccn2)n1. The van der Waals surface area contributed by atoms with Crippen molar-refractivity contribution >= 4 is 0 Å². The fourth-order valence-electron chi connectivity index (χ4n) is 1.25. The number of hydrogen-bond acceptors (Lipinski definition) is 2. The van der Waals surface area contributed by atoms with Crippen LogP contribution in [0.2, 0.25) is 0 Å². The highest BCUT2D eigenvalue weighted by Crippen LogP contribution is 2.13. The minimum atomic E-state index is 0.459. The van der Waals surface area contributed by atoms with Gasteiger partial charge in [-0.15, -0.1) is 0 Å². The summed E-state index contributed by atoms with van der Waals surface area (Å²) in [5.41, 5.74) is 2.63. The van der Waals surface area contributed by atoms with Crippen molar-refractivity contribution in [2.24, 2.45) is 0 Å². The van der Waals surface area contributed by atoms with Crippen LogP contribution in [-0.4, -0.2) is 9.97 Å². The number of pyridine rings is 2. The average molecular weight is 182 g/mol. The Labute approximate surface area is 83.7 Å². The highest BCUT2D eigenvalue weighted by atomic mass is 14.8. The van der Waals surface area contributed by atoms with Gasteiger partial charge < -0.3 is 0 Å². The number of nitrogens with zero attached hydrogens (tertiary/aromatic N) is 2. The first-order chi connectivity index (χ1) is 6.90. The Balaban J connectivity index is 2.42. The second-order valence-corrected chi connectivity index (χ2v) is 2.93. The van der Waals surface area contributed by atoms with Gasteiger partial charge in [0.2, 0.25) is 0 Å². The molecule has 2 heterocycles. The van der Waals surface area contributed by atoms with Crippen molar-refractivity contribution < 1.29 is 0 Å². The molecular weight excluding hydrogens is 172 g/mol. The van der Waals surface area contributed by atoms with Gasteiger partial charge in [0, 0.05) is 11.9 Å². The van der Waals surface area contributed by atoms with Gasteiger partial charge in [-0.2, -0.15) is 0 Å². The Bertz CT molecular complexity index is 410. The normalized spacial score (nSPS) is 10.1. The van der Waals surface area contributed by atoms with Crippen molar-refractivity contribution in [2.75, 3.05) is 0 Å². The van der Waals surface area contributed by atoms with E-state index in [1.807, 2.05) is 36.4 Å².